The maximum Gasteiger partial charge on any atom is 0.311 e. The summed E-state index contributed by atoms with van der Waals surface area (Å²) in [5.74, 6) is 0.324. The molecule has 3 aliphatic rings. The van der Waals surface area contributed by atoms with E-state index in [1.54, 1.807) is 21.6 Å². The standard InChI is InChI=1S/C17H26N2O4S/c1-16(2,3)14(21)19-10-24-8-12(19)13(20)18-7-11-5-4-6-17(11,9-18)15(22)23/h11-12H,4-10H2,1-3H3,(H,22,23)/t11-,12?,17+/m0/s1. The molecule has 1 saturated carbocycles. The average Bonchev–Trinajstić information content (AvgIpc) is 3.17. The van der Waals surface area contributed by atoms with Crippen LogP contribution in [0.2, 0.25) is 0 Å². The number of aliphatic carboxylic acids is 1. The number of thioether (sulfide) groups is 1. The fourth-order valence-electron chi connectivity index (χ4n) is 4.30. The lowest BCUT2D eigenvalue weighted by atomic mass is 9.81. The minimum atomic E-state index is -0.774. The van der Waals surface area contributed by atoms with Crippen LogP contribution in [-0.2, 0) is 14.4 Å². The van der Waals surface area contributed by atoms with Gasteiger partial charge in [0, 0.05) is 24.3 Å². The molecule has 2 heterocycles. The van der Waals surface area contributed by atoms with E-state index in [9.17, 15) is 19.5 Å². The molecule has 0 aromatic carbocycles. The molecule has 2 amide bonds. The van der Waals surface area contributed by atoms with E-state index in [1.165, 1.54) is 0 Å². The second kappa shape index (κ2) is 5.93. The molecule has 0 aromatic rings. The molecule has 1 unspecified atom stereocenters. The van der Waals surface area contributed by atoms with Crippen molar-refractivity contribution < 1.29 is 19.5 Å². The van der Waals surface area contributed by atoms with Gasteiger partial charge in [0.1, 0.15) is 6.04 Å². The van der Waals surface area contributed by atoms with Crippen molar-refractivity contribution in [2.24, 2.45) is 16.7 Å². The molecule has 1 N–H and O–H groups in total. The maximum absolute atomic E-state index is 13.0. The lowest BCUT2D eigenvalue weighted by molar-refractivity contribution is -0.151. The number of likely N-dealkylation sites (tertiary alicyclic amines) is 1. The summed E-state index contributed by atoms with van der Waals surface area (Å²) >= 11 is 1.59. The van der Waals surface area contributed by atoms with Crippen LogP contribution in [0.4, 0.5) is 0 Å². The average molecular weight is 354 g/mol. The fourth-order valence-corrected chi connectivity index (χ4v) is 5.44. The Hall–Kier alpha value is -1.24. The SMILES string of the molecule is CC(C)(C)C(=O)N1CSCC1C(=O)N1C[C@@H]2CCC[C@@]2(C(=O)O)C1. The lowest BCUT2D eigenvalue weighted by Gasteiger charge is -2.32. The van der Waals surface area contributed by atoms with E-state index in [-0.39, 0.29) is 17.7 Å². The number of nitrogens with zero attached hydrogens (tertiary/aromatic N) is 2. The first-order valence-corrected chi connectivity index (χ1v) is 9.73. The van der Waals surface area contributed by atoms with Crippen LogP contribution in [0.5, 0.6) is 0 Å². The van der Waals surface area contributed by atoms with Gasteiger partial charge in [0.05, 0.1) is 11.3 Å². The Kier molecular flexibility index (Phi) is 4.35. The largest absolute Gasteiger partial charge is 0.481 e. The monoisotopic (exact) mass is 354 g/mol. The number of fused-ring (bicyclic) bond motifs is 1. The quantitative estimate of drug-likeness (QED) is 0.816. The summed E-state index contributed by atoms with van der Waals surface area (Å²) in [5, 5.41) is 9.68. The van der Waals surface area contributed by atoms with Crippen molar-refractivity contribution in [3.05, 3.63) is 0 Å². The minimum Gasteiger partial charge on any atom is -0.481 e. The smallest absolute Gasteiger partial charge is 0.311 e. The van der Waals surface area contributed by atoms with E-state index >= 15 is 0 Å². The summed E-state index contributed by atoms with van der Waals surface area (Å²) in [4.78, 5) is 40.8. The molecule has 134 valence electrons. The van der Waals surface area contributed by atoms with Crippen LogP contribution in [-0.4, -0.2) is 63.5 Å². The number of carboxylic acid groups (broad SMARTS) is 1. The van der Waals surface area contributed by atoms with Gasteiger partial charge in [0.25, 0.3) is 0 Å². The molecule has 3 rings (SSSR count). The van der Waals surface area contributed by atoms with Crippen LogP contribution < -0.4 is 0 Å². The van der Waals surface area contributed by atoms with Gasteiger partial charge in [-0.15, -0.1) is 11.8 Å². The van der Waals surface area contributed by atoms with E-state index in [0.29, 0.717) is 31.1 Å². The third-order valence-corrected chi connectivity index (χ3v) is 6.69. The molecule has 3 atom stereocenters. The number of carboxylic acids is 1. The molecule has 6 nitrogen and oxygen atoms in total. The van der Waals surface area contributed by atoms with E-state index in [2.05, 4.69) is 0 Å². The number of hydrogen-bond donors (Lipinski definition) is 1. The van der Waals surface area contributed by atoms with E-state index < -0.39 is 22.8 Å². The third kappa shape index (κ3) is 2.70. The molecule has 7 heteroatoms. The fraction of sp³-hybridized carbons (Fsp3) is 0.824. The Labute approximate surface area is 146 Å². The molecular weight excluding hydrogens is 328 g/mol. The normalized spacial score (nSPS) is 33.0. The van der Waals surface area contributed by atoms with Crippen LogP contribution in [0.25, 0.3) is 0 Å². The molecule has 0 aromatic heterocycles. The van der Waals surface area contributed by atoms with Gasteiger partial charge >= 0.3 is 5.97 Å². The predicted octanol–water partition coefficient (Wildman–Crippen LogP) is 1.65. The number of hydrogen-bond acceptors (Lipinski definition) is 4. The number of carbonyl (C=O) groups excluding carboxylic acids is 2. The van der Waals surface area contributed by atoms with Crippen molar-refractivity contribution in [3.8, 4) is 0 Å². The molecule has 2 saturated heterocycles. The highest BCUT2D eigenvalue weighted by Gasteiger charge is 2.56. The van der Waals surface area contributed by atoms with Crippen molar-refractivity contribution >= 4 is 29.5 Å². The molecular formula is C17H26N2O4S. The van der Waals surface area contributed by atoms with Crippen molar-refractivity contribution in [1.29, 1.82) is 0 Å². The minimum absolute atomic E-state index is 0.0156. The van der Waals surface area contributed by atoms with Gasteiger partial charge in [0.2, 0.25) is 11.8 Å². The molecule has 3 fully saturated rings. The van der Waals surface area contributed by atoms with E-state index in [1.807, 2.05) is 20.8 Å². The predicted molar refractivity (Wildman–Crippen MR) is 91.4 cm³/mol. The zero-order chi connectivity index (χ0) is 17.7. The van der Waals surface area contributed by atoms with Gasteiger partial charge in [-0.25, -0.2) is 0 Å². The van der Waals surface area contributed by atoms with Crippen LogP contribution in [0.3, 0.4) is 0 Å². The van der Waals surface area contributed by atoms with Gasteiger partial charge in [-0.3, -0.25) is 14.4 Å². The van der Waals surface area contributed by atoms with Crippen molar-refractivity contribution in [2.45, 2.75) is 46.1 Å². The Morgan fingerprint density at radius 2 is 1.96 bits per heavy atom. The maximum atomic E-state index is 13.0. The zero-order valence-electron chi connectivity index (χ0n) is 14.6. The summed E-state index contributed by atoms with van der Waals surface area (Å²) in [6.45, 7) is 6.40. The van der Waals surface area contributed by atoms with E-state index in [4.69, 9.17) is 0 Å². The second-order valence-electron chi connectivity index (χ2n) is 8.31. The van der Waals surface area contributed by atoms with Crippen LogP contribution >= 0.6 is 11.8 Å². The van der Waals surface area contributed by atoms with Gasteiger partial charge in [0.15, 0.2) is 0 Å². The highest BCUT2D eigenvalue weighted by atomic mass is 32.2. The molecule has 1 aliphatic carbocycles. The summed E-state index contributed by atoms with van der Waals surface area (Å²) in [7, 11) is 0. The molecule has 0 radical (unpaired) electrons. The summed E-state index contributed by atoms with van der Waals surface area (Å²) in [5.41, 5.74) is -1.28. The van der Waals surface area contributed by atoms with Crippen molar-refractivity contribution in [2.75, 3.05) is 24.7 Å². The van der Waals surface area contributed by atoms with Gasteiger partial charge in [-0.1, -0.05) is 27.2 Å². The van der Waals surface area contributed by atoms with Crippen molar-refractivity contribution in [1.82, 2.24) is 9.80 Å². The zero-order valence-corrected chi connectivity index (χ0v) is 15.4. The Morgan fingerprint density at radius 3 is 2.54 bits per heavy atom. The van der Waals surface area contributed by atoms with E-state index in [0.717, 1.165) is 12.8 Å². The molecule has 2 aliphatic heterocycles. The first kappa shape index (κ1) is 17.6. The first-order chi connectivity index (χ1) is 11.2. The van der Waals surface area contributed by atoms with Crippen LogP contribution in [0, 0.1) is 16.7 Å². The highest BCUT2D eigenvalue weighted by molar-refractivity contribution is 7.99. The topological polar surface area (TPSA) is 77.9 Å². The molecule has 0 spiro atoms. The Balaban J connectivity index is 1.75. The summed E-state index contributed by atoms with van der Waals surface area (Å²) in [6, 6.07) is -0.452. The number of amides is 2. The second-order valence-corrected chi connectivity index (χ2v) is 9.31. The third-order valence-electron chi connectivity index (χ3n) is 5.68. The van der Waals surface area contributed by atoms with Crippen LogP contribution in [0.1, 0.15) is 40.0 Å². The Bertz CT molecular complexity index is 573. The number of carbonyl (C=O) groups is 3. The summed E-state index contributed by atoms with van der Waals surface area (Å²) < 4.78 is 0. The Morgan fingerprint density at radius 1 is 1.25 bits per heavy atom. The highest BCUT2D eigenvalue weighted by Crippen LogP contribution is 2.49. The number of rotatable bonds is 2. The van der Waals surface area contributed by atoms with Crippen LogP contribution in [0.15, 0.2) is 0 Å². The van der Waals surface area contributed by atoms with Crippen molar-refractivity contribution in [3.63, 3.8) is 0 Å². The lowest BCUT2D eigenvalue weighted by Crippen LogP contribution is -2.51. The van der Waals surface area contributed by atoms with Gasteiger partial charge in [-0.2, -0.15) is 0 Å². The molecule has 24 heavy (non-hydrogen) atoms. The van der Waals surface area contributed by atoms with Gasteiger partial charge < -0.3 is 14.9 Å². The molecule has 0 bridgehead atoms. The summed E-state index contributed by atoms with van der Waals surface area (Å²) in [6.07, 6.45) is 2.45. The first-order valence-electron chi connectivity index (χ1n) is 8.58. The van der Waals surface area contributed by atoms with Gasteiger partial charge in [-0.05, 0) is 18.8 Å².